The molecule has 0 aliphatic carbocycles. The van der Waals surface area contributed by atoms with E-state index in [9.17, 15) is 0 Å². The molecule has 0 saturated heterocycles. The summed E-state index contributed by atoms with van der Waals surface area (Å²) in [5.41, 5.74) is 1.91. The molecule has 36 heavy (non-hydrogen) atoms. The molecule has 7 heteroatoms. The predicted molar refractivity (Wildman–Crippen MR) is 148 cm³/mol. The molecule has 1 atom stereocenters. The van der Waals surface area contributed by atoms with E-state index in [1.165, 1.54) is 0 Å². The highest BCUT2D eigenvalue weighted by Gasteiger charge is 2.16. The molecule has 0 amide bonds. The number of rotatable bonds is 12. The van der Waals surface area contributed by atoms with Gasteiger partial charge in [0.05, 0.1) is 41.7 Å². The Kier molecular flexibility index (Phi) is 9.70. The quantitative estimate of drug-likeness (QED) is 0.255. The Morgan fingerprint density at radius 1 is 0.639 bits per heavy atom. The van der Waals surface area contributed by atoms with E-state index >= 15 is 0 Å². The Morgan fingerprint density at radius 2 is 1.06 bits per heavy atom. The van der Waals surface area contributed by atoms with Crippen LogP contribution in [0.4, 0.5) is 0 Å². The molecule has 0 bridgehead atoms. The van der Waals surface area contributed by atoms with Gasteiger partial charge in [0.15, 0.2) is 23.0 Å². The normalized spacial score (nSPS) is 12.1. The van der Waals surface area contributed by atoms with E-state index in [-0.39, 0.29) is 6.10 Å². The summed E-state index contributed by atoms with van der Waals surface area (Å²) in [6.45, 7) is 4.10. The Labute approximate surface area is 217 Å². The van der Waals surface area contributed by atoms with Gasteiger partial charge in [0.1, 0.15) is 0 Å². The van der Waals surface area contributed by atoms with Crippen molar-refractivity contribution in [2.24, 2.45) is 0 Å². The average Bonchev–Trinajstić information content (AvgIpc) is 3.37. The van der Waals surface area contributed by atoms with Crippen molar-refractivity contribution in [2.75, 3.05) is 35.5 Å². The topological polar surface area (TPSA) is 55.4 Å². The van der Waals surface area contributed by atoms with Crippen LogP contribution in [0.2, 0.25) is 0 Å². The van der Waals surface area contributed by atoms with Crippen molar-refractivity contribution in [1.29, 1.82) is 0 Å². The van der Waals surface area contributed by atoms with Gasteiger partial charge in [-0.1, -0.05) is 19.1 Å². The molecule has 0 radical (unpaired) electrons. The van der Waals surface area contributed by atoms with Gasteiger partial charge in [-0.3, -0.25) is 0 Å². The van der Waals surface area contributed by atoms with Gasteiger partial charge < -0.3 is 28.4 Å². The largest absolute Gasteiger partial charge is 0.493 e. The maximum atomic E-state index is 6.03. The third kappa shape index (κ3) is 6.55. The molecule has 0 N–H and O–H groups in total. The Bertz CT molecular complexity index is 1160. The fourth-order valence-corrected chi connectivity index (χ4v) is 4.32. The first-order valence-corrected chi connectivity index (χ1v) is 12.5. The first-order valence-electron chi connectivity index (χ1n) is 11.6. The molecule has 1 heterocycles. The summed E-state index contributed by atoms with van der Waals surface area (Å²) in [5, 5.41) is 0. The summed E-state index contributed by atoms with van der Waals surface area (Å²) in [7, 11) is 8.09. The van der Waals surface area contributed by atoms with E-state index in [2.05, 4.69) is 31.2 Å². The number of ether oxygens (including phenoxy) is 6. The van der Waals surface area contributed by atoms with E-state index in [4.69, 9.17) is 28.4 Å². The zero-order chi connectivity index (χ0) is 26.1. The van der Waals surface area contributed by atoms with Crippen LogP contribution in [0.3, 0.4) is 0 Å². The number of hydrogen-bond acceptors (Lipinski definition) is 7. The fraction of sp³-hybridized carbons (Fsp3) is 0.310. The van der Waals surface area contributed by atoms with Crippen LogP contribution < -0.4 is 28.4 Å². The van der Waals surface area contributed by atoms with Gasteiger partial charge in [-0.2, -0.15) is 0 Å². The van der Waals surface area contributed by atoms with E-state index in [0.717, 1.165) is 27.3 Å². The molecule has 0 aliphatic rings. The minimum absolute atomic E-state index is 0.0619. The highest BCUT2D eigenvalue weighted by Crippen LogP contribution is 2.40. The van der Waals surface area contributed by atoms with Crippen molar-refractivity contribution in [3.8, 4) is 34.5 Å². The highest BCUT2D eigenvalue weighted by molar-refractivity contribution is 7.13. The smallest absolute Gasteiger partial charge is 0.203 e. The number of methoxy groups -OCH3 is 5. The summed E-state index contributed by atoms with van der Waals surface area (Å²) < 4.78 is 33.5. The van der Waals surface area contributed by atoms with Gasteiger partial charge in [-0.05, 0) is 73.0 Å². The molecule has 0 saturated carbocycles. The standard InChI is InChI=1S/C29H34O6S/c1-8-19(2)35-29-26(32-5)17-21(18-27(29)33-6)10-12-23-14-13-22(36-23)11-9-20-15-24(30-3)28(34-7)25(16-20)31-4/h9-19H,8H2,1-7H3. The third-order valence-electron chi connectivity index (χ3n) is 5.59. The lowest BCUT2D eigenvalue weighted by Crippen LogP contribution is -2.11. The summed E-state index contributed by atoms with van der Waals surface area (Å²) >= 11 is 1.69. The van der Waals surface area contributed by atoms with Crippen LogP contribution in [-0.4, -0.2) is 41.7 Å². The zero-order valence-corrected chi connectivity index (χ0v) is 22.7. The van der Waals surface area contributed by atoms with Crippen LogP contribution in [0.1, 0.15) is 41.1 Å². The van der Waals surface area contributed by atoms with Crippen molar-refractivity contribution in [1.82, 2.24) is 0 Å². The monoisotopic (exact) mass is 510 g/mol. The second kappa shape index (κ2) is 12.9. The lowest BCUT2D eigenvalue weighted by molar-refractivity contribution is 0.198. The van der Waals surface area contributed by atoms with E-state index in [1.807, 2.05) is 43.3 Å². The van der Waals surface area contributed by atoms with Crippen molar-refractivity contribution in [2.45, 2.75) is 26.4 Å². The van der Waals surface area contributed by atoms with Gasteiger partial charge >= 0.3 is 0 Å². The lowest BCUT2D eigenvalue weighted by Gasteiger charge is -2.18. The molecular weight excluding hydrogens is 476 g/mol. The molecule has 1 unspecified atom stereocenters. The minimum atomic E-state index is 0.0619. The third-order valence-corrected chi connectivity index (χ3v) is 6.61. The maximum Gasteiger partial charge on any atom is 0.203 e. The molecule has 6 nitrogen and oxygen atoms in total. The first kappa shape index (κ1) is 27.0. The van der Waals surface area contributed by atoms with Crippen LogP contribution >= 0.6 is 11.3 Å². The van der Waals surface area contributed by atoms with Crippen LogP contribution in [0.15, 0.2) is 36.4 Å². The molecule has 3 rings (SSSR count). The molecule has 192 valence electrons. The molecular formula is C29H34O6S. The minimum Gasteiger partial charge on any atom is -0.493 e. The lowest BCUT2D eigenvalue weighted by atomic mass is 10.1. The van der Waals surface area contributed by atoms with E-state index < -0.39 is 0 Å². The van der Waals surface area contributed by atoms with Gasteiger partial charge in [0.2, 0.25) is 11.5 Å². The fourth-order valence-electron chi connectivity index (χ4n) is 3.50. The molecule has 2 aromatic carbocycles. The summed E-state index contributed by atoms with van der Waals surface area (Å²) in [5.74, 6) is 3.75. The number of benzene rings is 2. The predicted octanol–water partition coefficient (Wildman–Crippen LogP) is 7.31. The zero-order valence-electron chi connectivity index (χ0n) is 21.9. The molecule has 0 aliphatic heterocycles. The van der Waals surface area contributed by atoms with Crippen LogP contribution in [0.5, 0.6) is 34.5 Å². The van der Waals surface area contributed by atoms with Crippen molar-refractivity contribution in [3.63, 3.8) is 0 Å². The van der Waals surface area contributed by atoms with Gasteiger partial charge in [-0.25, -0.2) is 0 Å². The van der Waals surface area contributed by atoms with E-state index in [1.54, 1.807) is 46.9 Å². The molecule has 3 aromatic rings. The number of thiophene rings is 1. The van der Waals surface area contributed by atoms with Crippen molar-refractivity contribution in [3.05, 3.63) is 57.3 Å². The summed E-state index contributed by atoms with van der Waals surface area (Å²) in [6, 6.07) is 11.9. The average molecular weight is 511 g/mol. The van der Waals surface area contributed by atoms with E-state index in [0.29, 0.717) is 34.5 Å². The Balaban J connectivity index is 1.79. The number of hydrogen-bond donors (Lipinski definition) is 0. The summed E-state index contributed by atoms with van der Waals surface area (Å²) in [6.07, 6.45) is 9.15. The van der Waals surface area contributed by atoms with Crippen molar-refractivity contribution < 1.29 is 28.4 Å². The van der Waals surface area contributed by atoms with Gasteiger partial charge in [-0.15, -0.1) is 11.3 Å². The van der Waals surface area contributed by atoms with Crippen LogP contribution in [0, 0.1) is 0 Å². The molecule has 0 spiro atoms. The SMILES string of the molecule is CCC(C)Oc1c(OC)cc(C=Cc2ccc(C=Cc3cc(OC)c(OC)c(OC)c3)s2)cc1OC. The first-order chi connectivity index (χ1) is 17.5. The molecule has 0 fully saturated rings. The van der Waals surface area contributed by atoms with Crippen molar-refractivity contribution >= 4 is 35.6 Å². The van der Waals surface area contributed by atoms with Gasteiger partial charge in [0, 0.05) is 9.75 Å². The van der Waals surface area contributed by atoms with Crippen LogP contribution in [0.25, 0.3) is 24.3 Å². The molecule has 1 aromatic heterocycles. The van der Waals surface area contributed by atoms with Gasteiger partial charge in [0.25, 0.3) is 0 Å². The van der Waals surface area contributed by atoms with Crippen LogP contribution in [-0.2, 0) is 0 Å². The maximum absolute atomic E-state index is 6.03. The summed E-state index contributed by atoms with van der Waals surface area (Å²) in [4.78, 5) is 2.24. The Morgan fingerprint density at radius 3 is 1.42 bits per heavy atom. The Hall–Kier alpha value is -3.58. The second-order valence-electron chi connectivity index (χ2n) is 7.96. The highest BCUT2D eigenvalue weighted by atomic mass is 32.1. The second-order valence-corrected chi connectivity index (χ2v) is 9.10.